The standard InChI is InChI=1S/C51H36N2O/c1-33-48(41-11-6-3-7-12-41)49(33)44(39-25-23-37(24-26-39)36-9-4-2-5-10-36)28-27-42-13-8-14-47-50(42)46-30-43(38-19-15-34(31-52)16-20-38)29-45(51(46)54-47)40-21-17-35(32-53)18-22-40/h2-6,8-11,13-30,33,48H,7,12H2,1H3/b28-27+,49-44-/t33-,48?/m1/s1. The van der Waals surface area contributed by atoms with Gasteiger partial charge in [-0.3, -0.25) is 0 Å². The summed E-state index contributed by atoms with van der Waals surface area (Å²) in [5, 5.41) is 21.0. The van der Waals surface area contributed by atoms with E-state index in [1.54, 1.807) is 0 Å². The van der Waals surface area contributed by atoms with Crippen LogP contribution >= 0.6 is 0 Å². The molecule has 3 nitrogen and oxygen atoms in total. The van der Waals surface area contributed by atoms with Crippen molar-refractivity contribution in [3.8, 4) is 45.5 Å². The zero-order chi connectivity index (χ0) is 36.6. The lowest BCUT2D eigenvalue weighted by Crippen LogP contribution is -1.91. The van der Waals surface area contributed by atoms with Gasteiger partial charge in [-0.2, -0.15) is 10.5 Å². The third-order valence-corrected chi connectivity index (χ3v) is 11.0. The Morgan fingerprint density at radius 3 is 2.06 bits per heavy atom. The van der Waals surface area contributed by atoms with Crippen LogP contribution in [-0.4, -0.2) is 0 Å². The molecule has 54 heavy (non-hydrogen) atoms. The lowest BCUT2D eigenvalue weighted by molar-refractivity contribution is 0.670. The lowest BCUT2D eigenvalue weighted by Gasteiger charge is -2.09. The van der Waals surface area contributed by atoms with Gasteiger partial charge in [0.15, 0.2) is 0 Å². The molecule has 1 heterocycles. The summed E-state index contributed by atoms with van der Waals surface area (Å²) < 4.78 is 6.71. The molecule has 1 fully saturated rings. The monoisotopic (exact) mass is 692 g/mol. The van der Waals surface area contributed by atoms with Gasteiger partial charge in [-0.05, 0) is 106 Å². The second-order valence-corrected chi connectivity index (χ2v) is 14.2. The number of benzene rings is 6. The Bertz CT molecular complexity index is 2760. The van der Waals surface area contributed by atoms with Gasteiger partial charge in [0.25, 0.3) is 0 Å². The zero-order valence-corrected chi connectivity index (χ0v) is 30.0. The van der Waals surface area contributed by atoms with Gasteiger partial charge >= 0.3 is 0 Å². The predicted molar refractivity (Wildman–Crippen MR) is 221 cm³/mol. The largest absolute Gasteiger partial charge is 0.455 e. The van der Waals surface area contributed by atoms with Gasteiger partial charge in [-0.15, -0.1) is 0 Å². The fourth-order valence-corrected chi connectivity index (χ4v) is 8.15. The lowest BCUT2D eigenvalue weighted by atomic mass is 9.93. The molecule has 7 aromatic rings. The van der Waals surface area contributed by atoms with Crippen molar-refractivity contribution in [2.45, 2.75) is 19.8 Å². The van der Waals surface area contributed by atoms with Crippen LogP contribution < -0.4 is 0 Å². The number of nitriles is 2. The van der Waals surface area contributed by atoms with E-state index in [-0.39, 0.29) is 0 Å². The fraction of sp³-hybridized carbons (Fsp3) is 0.0980. The Kier molecular flexibility index (Phi) is 8.47. The van der Waals surface area contributed by atoms with Crippen LogP contribution in [0.25, 0.3) is 67.0 Å². The van der Waals surface area contributed by atoms with Crippen molar-refractivity contribution in [1.82, 2.24) is 0 Å². The van der Waals surface area contributed by atoms with E-state index in [1.807, 2.05) is 54.6 Å². The molecule has 3 heteroatoms. The van der Waals surface area contributed by atoms with E-state index in [0.29, 0.717) is 23.0 Å². The van der Waals surface area contributed by atoms with Gasteiger partial charge in [0.2, 0.25) is 0 Å². The van der Waals surface area contributed by atoms with Crippen LogP contribution in [-0.2, 0) is 0 Å². The minimum absolute atomic E-state index is 0.457. The summed E-state index contributed by atoms with van der Waals surface area (Å²) in [5.41, 5.74) is 15.8. The molecule has 2 aliphatic carbocycles. The molecule has 0 radical (unpaired) electrons. The van der Waals surface area contributed by atoms with Gasteiger partial charge in [-0.1, -0.05) is 139 Å². The summed E-state index contributed by atoms with van der Waals surface area (Å²) >= 11 is 0. The van der Waals surface area contributed by atoms with Gasteiger partial charge in [0.05, 0.1) is 23.3 Å². The van der Waals surface area contributed by atoms with Crippen molar-refractivity contribution in [2.24, 2.45) is 11.8 Å². The average Bonchev–Trinajstić information content (AvgIpc) is 3.75. The first-order valence-electron chi connectivity index (χ1n) is 18.5. The number of hydrogen-bond acceptors (Lipinski definition) is 3. The second kappa shape index (κ2) is 13.9. The van der Waals surface area contributed by atoms with Crippen LogP contribution in [0.15, 0.2) is 173 Å². The predicted octanol–water partition coefficient (Wildman–Crippen LogP) is 13.3. The number of fused-ring (bicyclic) bond motifs is 3. The maximum atomic E-state index is 9.48. The van der Waals surface area contributed by atoms with Crippen LogP contribution in [0.4, 0.5) is 0 Å². The van der Waals surface area contributed by atoms with E-state index in [4.69, 9.17) is 4.42 Å². The summed E-state index contributed by atoms with van der Waals surface area (Å²) in [4.78, 5) is 0. The van der Waals surface area contributed by atoms with E-state index < -0.39 is 0 Å². The van der Waals surface area contributed by atoms with Crippen LogP contribution in [0.3, 0.4) is 0 Å². The van der Waals surface area contributed by atoms with Crippen molar-refractivity contribution < 1.29 is 4.42 Å². The first-order valence-corrected chi connectivity index (χ1v) is 18.5. The van der Waals surface area contributed by atoms with Crippen LogP contribution in [0, 0.1) is 34.5 Å². The summed E-state index contributed by atoms with van der Waals surface area (Å²) in [6.07, 6.45) is 13.6. The number of furan rings is 1. The van der Waals surface area contributed by atoms with Gasteiger partial charge in [0, 0.05) is 22.3 Å². The molecule has 0 N–H and O–H groups in total. The Morgan fingerprint density at radius 1 is 0.704 bits per heavy atom. The molecule has 1 unspecified atom stereocenters. The zero-order valence-electron chi connectivity index (χ0n) is 30.0. The summed E-state index contributed by atoms with van der Waals surface area (Å²) in [7, 11) is 0. The molecule has 0 saturated heterocycles. The van der Waals surface area contributed by atoms with E-state index in [9.17, 15) is 10.5 Å². The highest BCUT2D eigenvalue weighted by Gasteiger charge is 2.44. The van der Waals surface area contributed by atoms with Gasteiger partial charge in [-0.25, -0.2) is 0 Å². The highest BCUT2D eigenvalue weighted by molar-refractivity contribution is 6.14. The van der Waals surface area contributed by atoms with Crippen molar-refractivity contribution in [1.29, 1.82) is 10.5 Å². The van der Waals surface area contributed by atoms with E-state index in [0.717, 1.165) is 62.6 Å². The maximum Gasteiger partial charge on any atom is 0.143 e. The van der Waals surface area contributed by atoms with Crippen LogP contribution in [0.1, 0.15) is 42.0 Å². The molecule has 2 atom stereocenters. The smallest absolute Gasteiger partial charge is 0.143 e. The number of hydrogen-bond donors (Lipinski definition) is 0. The SMILES string of the molecule is C[C@H]1/C(=C(\C=C\c2cccc3oc4c(-c5ccc(C#N)cc5)cc(-c5ccc(C#N)cc5)cc4c23)c2ccc(-c3ccccc3)cc2)C1C1=CC=CCC1. The third-order valence-electron chi connectivity index (χ3n) is 11.0. The van der Waals surface area contributed by atoms with Crippen LogP contribution in [0.2, 0.25) is 0 Å². The average molecular weight is 693 g/mol. The maximum absolute atomic E-state index is 9.48. The van der Waals surface area contributed by atoms with Crippen molar-refractivity contribution >= 4 is 33.6 Å². The molecule has 6 aromatic carbocycles. The van der Waals surface area contributed by atoms with Gasteiger partial charge in [0.1, 0.15) is 11.2 Å². The highest BCUT2D eigenvalue weighted by Crippen LogP contribution is 2.55. The molecule has 1 aromatic heterocycles. The Labute approximate surface area is 315 Å². The minimum atomic E-state index is 0.457. The molecule has 0 aliphatic heterocycles. The Morgan fingerprint density at radius 2 is 1.37 bits per heavy atom. The molecular formula is C51H36N2O. The quantitative estimate of drug-likeness (QED) is 0.167. The molecule has 1 saturated carbocycles. The summed E-state index contributed by atoms with van der Waals surface area (Å²) in [5.74, 6) is 0.936. The first-order chi connectivity index (χ1) is 26.6. The van der Waals surface area contributed by atoms with Gasteiger partial charge < -0.3 is 4.42 Å². The highest BCUT2D eigenvalue weighted by atomic mass is 16.3. The van der Waals surface area contributed by atoms with E-state index in [1.165, 1.54) is 33.4 Å². The van der Waals surface area contributed by atoms with Crippen molar-refractivity contribution in [3.63, 3.8) is 0 Å². The van der Waals surface area contributed by atoms with Crippen LogP contribution in [0.5, 0.6) is 0 Å². The topological polar surface area (TPSA) is 60.7 Å². The molecule has 9 rings (SSSR count). The molecule has 0 bridgehead atoms. The van der Waals surface area contributed by atoms with Crippen molar-refractivity contribution in [2.75, 3.05) is 0 Å². The normalized spacial score (nSPS) is 17.4. The van der Waals surface area contributed by atoms with E-state index >= 15 is 0 Å². The Hall–Kier alpha value is -6.94. The molecule has 2 aliphatic rings. The first kappa shape index (κ1) is 32.9. The number of rotatable bonds is 7. The van der Waals surface area contributed by atoms with E-state index in [2.05, 4.69) is 128 Å². The van der Waals surface area contributed by atoms with Crippen molar-refractivity contribution in [3.05, 3.63) is 191 Å². The summed E-state index contributed by atoms with van der Waals surface area (Å²) in [6.45, 7) is 2.37. The second-order valence-electron chi connectivity index (χ2n) is 14.2. The summed E-state index contributed by atoms with van der Waals surface area (Å²) in [6, 6.07) is 50.0. The minimum Gasteiger partial charge on any atom is -0.455 e. The molecule has 256 valence electrons. The Balaban J connectivity index is 1.20. The fourth-order valence-electron chi connectivity index (χ4n) is 8.15. The molecular weight excluding hydrogens is 657 g/mol. The molecule has 0 amide bonds. The number of nitrogens with zero attached hydrogens (tertiary/aromatic N) is 2. The molecule has 0 spiro atoms. The number of allylic oxidation sites excluding steroid dienone is 7. The third kappa shape index (κ3) is 6.07.